The normalized spacial score (nSPS) is 10.4. The van der Waals surface area contributed by atoms with E-state index < -0.39 is 0 Å². The summed E-state index contributed by atoms with van der Waals surface area (Å²) in [7, 11) is 1.64. The van der Waals surface area contributed by atoms with E-state index in [0.717, 1.165) is 10.0 Å². The molecule has 0 unspecified atom stereocenters. The molecule has 0 aromatic heterocycles. The van der Waals surface area contributed by atoms with Crippen molar-refractivity contribution in [2.24, 2.45) is 0 Å². The summed E-state index contributed by atoms with van der Waals surface area (Å²) in [5.41, 5.74) is 0.935. The van der Waals surface area contributed by atoms with Crippen molar-refractivity contribution in [3.05, 3.63) is 34.3 Å². The molecule has 0 bridgehead atoms. The van der Waals surface area contributed by atoms with Crippen LogP contribution < -0.4 is 5.32 Å². The van der Waals surface area contributed by atoms with Crippen molar-refractivity contribution in [3.8, 4) is 0 Å². The number of likely N-dealkylation sites (N-methyl/N-ethyl adjacent to an activating group) is 1. The number of nitrogens with one attached hydrogen (secondary N) is 1. The number of rotatable bonds is 5. The highest BCUT2D eigenvalue weighted by Crippen LogP contribution is 2.11. The van der Waals surface area contributed by atoms with Crippen LogP contribution in [0.3, 0.4) is 0 Å². The van der Waals surface area contributed by atoms with Crippen LogP contribution in [0, 0.1) is 0 Å². The van der Waals surface area contributed by atoms with E-state index in [0.29, 0.717) is 6.42 Å². The van der Waals surface area contributed by atoms with Crippen molar-refractivity contribution in [1.82, 2.24) is 10.2 Å². The van der Waals surface area contributed by atoms with Gasteiger partial charge >= 0.3 is 0 Å². The van der Waals surface area contributed by atoms with Gasteiger partial charge in [0.15, 0.2) is 0 Å². The van der Waals surface area contributed by atoms with E-state index in [1.807, 2.05) is 38.1 Å². The van der Waals surface area contributed by atoms with Crippen LogP contribution in [0.1, 0.15) is 19.4 Å². The first-order valence-electron chi connectivity index (χ1n) is 6.16. The van der Waals surface area contributed by atoms with Gasteiger partial charge in [0.25, 0.3) is 0 Å². The molecule has 1 rings (SSSR count). The predicted molar refractivity (Wildman–Crippen MR) is 78.8 cm³/mol. The summed E-state index contributed by atoms with van der Waals surface area (Å²) in [6.45, 7) is 3.87. The fourth-order valence-electron chi connectivity index (χ4n) is 1.58. The van der Waals surface area contributed by atoms with Crippen LogP contribution in [0.2, 0.25) is 0 Å². The lowest BCUT2D eigenvalue weighted by Crippen LogP contribution is -2.41. The summed E-state index contributed by atoms with van der Waals surface area (Å²) >= 11 is 3.35. The molecule has 104 valence electrons. The summed E-state index contributed by atoms with van der Waals surface area (Å²) in [5.74, 6) is -0.206. The Labute approximate surface area is 122 Å². The van der Waals surface area contributed by atoms with E-state index in [9.17, 15) is 9.59 Å². The molecule has 0 radical (unpaired) electrons. The molecule has 0 saturated heterocycles. The standard InChI is InChI=1S/C14H19BrN2O2/c1-10(2)16-13(18)9-17(3)14(19)8-11-4-6-12(15)7-5-11/h4-7,10H,8-9H2,1-3H3,(H,16,18). The van der Waals surface area contributed by atoms with E-state index in [-0.39, 0.29) is 24.4 Å². The van der Waals surface area contributed by atoms with Crippen molar-refractivity contribution in [2.45, 2.75) is 26.3 Å². The van der Waals surface area contributed by atoms with Crippen LogP contribution in [0.25, 0.3) is 0 Å². The maximum absolute atomic E-state index is 12.0. The highest BCUT2D eigenvalue weighted by Gasteiger charge is 2.13. The smallest absolute Gasteiger partial charge is 0.239 e. The number of carbonyl (C=O) groups is 2. The van der Waals surface area contributed by atoms with Crippen LogP contribution in [0.5, 0.6) is 0 Å². The average Bonchev–Trinajstić information content (AvgIpc) is 2.30. The van der Waals surface area contributed by atoms with E-state index in [1.165, 1.54) is 4.90 Å². The number of hydrogen-bond acceptors (Lipinski definition) is 2. The fraction of sp³-hybridized carbons (Fsp3) is 0.429. The lowest BCUT2D eigenvalue weighted by molar-refractivity contribution is -0.134. The Morgan fingerprint density at radius 1 is 1.26 bits per heavy atom. The summed E-state index contributed by atoms with van der Waals surface area (Å²) in [6, 6.07) is 7.67. The summed E-state index contributed by atoms with van der Waals surface area (Å²) in [4.78, 5) is 25.0. The Morgan fingerprint density at radius 2 is 1.84 bits per heavy atom. The first-order valence-corrected chi connectivity index (χ1v) is 6.95. The molecule has 0 spiro atoms. The molecule has 1 aromatic rings. The van der Waals surface area contributed by atoms with Crippen LogP contribution in [0.4, 0.5) is 0 Å². The zero-order valence-electron chi connectivity index (χ0n) is 11.4. The van der Waals surface area contributed by atoms with Crippen molar-refractivity contribution in [3.63, 3.8) is 0 Å². The molecule has 0 heterocycles. The lowest BCUT2D eigenvalue weighted by Gasteiger charge is -2.18. The molecule has 0 aliphatic heterocycles. The maximum Gasteiger partial charge on any atom is 0.239 e. The monoisotopic (exact) mass is 326 g/mol. The minimum atomic E-state index is -0.137. The number of benzene rings is 1. The minimum Gasteiger partial charge on any atom is -0.352 e. The van der Waals surface area contributed by atoms with Gasteiger partial charge in [-0.05, 0) is 31.5 Å². The van der Waals surface area contributed by atoms with E-state index in [4.69, 9.17) is 0 Å². The predicted octanol–water partition coefficient (Wildman–Crippen LogP) is 1.97. The molecule has 0 aliphatic carbocycles. The van der Waals surface area contributed by atoms with Crippen molar-refractivity contribution in [1.29, 1.82) is 0 Å². The van der Waals surface area contributed by atoms with Gasteiger partial charge in [0.05, 0.1) is 13.0 Å². The van der Waals surface area contributed by atoms with Crippen LogP contribution in [-0.4, -0.2) is 36.3 Å². The van der Waals surface area contributed by atoms with Crippen molar-refractivity contribution in [2.75, 3.05) is 13.6 Å². The van der Waals surface area contributed by atoms with Crippen molar-refractivity contribution < 1.29 is 9.59 Å². The lowest BCUT2D eigenvalue weighted by atomic mass is 10.1. The summed E-state index contributed by atoms with van der Waals surface area (Å²) in [6.07, 6.45) is 0.304. The van der Waals surface area contributed by atoms with Crippen LogP contribution in [0.15, 0.2) is 28.7 Å². The summed E-state index contributed by atoms with van der Waals surface area (Å²) < 4.78 is 0.980. The quantitative estimate of drug-likeness (QED) is 0.899. The number of halogens is 1. The van der Waals surface area contributed by atoms with Gasteiger partial charge < -0.3 is 10.2 Å². The molecule has 4 nitrogen and oxygen atoms in total. The van der Waals surface area contributed by atoms with E-state index in [2.05, 4.69) is 21.2 Å². The van der Waals surface area contributed by atoms with Crippen LogP contribution >= 0.6 is 15.9 Å². The molecule has 19 heavy (non-hydrogen) atoms. The first kappa shape index (κ1) is 15.7. The minimum absolute atomic E-state index is 0.0683. The largest absolute Gasteiger partial charge is 0.352 e. The molecule has 5 heteroatoms. The molecular weight excluding hydrogens is 308 g/mol. The third-order valence-electron chi connectivity index (χ3n) is 2.52. The molecule has 0 saturated carbocycles. The van der Waals surface area contributed by atoms with E-state index >= 15 is 0 Å². The second-order valence-corrected chi connectivity index (χ2v) is 5.69. The molecule has 0 atom stereocenters. The zero-order chi connectivity index (χ0) is 14.4. The Morgan fingerprint density at radius 3 is 2.37 bits per heavy atom. The first-order chi connectivity index (χ1) is 8.88. The molecule has 0 fully saturated rings. The molecular formula is C14H19BrN2O2. The van der Waals surface area contributed by atoms with Crippen LogP contribution in [-0.2, 0) is 16.0 Å². The average molecular weight is 327 g/mol. The zero-order valence-corrected chi connectivity index (χ0v) is 13.0. The van der Waals surface area contributed by atoms with Gasteiger partial charge in [-0.3, -0.25) is 9.59 Å². The van der Waals surface area contributed by atoms with Gasteiger partial charge in [-0.1, -0.05) is 28.1 Å². The second-order valence-electron chi connectivity index (χ2n) is 4.78. The third kappa shape index (κ3) is 5.87. The highest BCUT2D eigenvalue weighted by atomic mass is 79.9. The van der Waals surface area contributed by atoms with Gasteiger partial charge in [-0.25, -0.2) is 0 Å². The van der Waals surface area contributed by atoms with E-state index in [1.54, 1.807) is 7.05 Å². The van der Waals surface area contributed by atoms with Gasteiger partial charge in [0.2, 0.25) is 11.8 Å². The van der Waals surface area contributed by atoms with Gasteiger partial charge in [-0.15, -0.1) is 0 Å². The fourth-order valence-corrected chi connectivity index (χ4v) is 1.85. The second kappa shape index (κ2) is 7.28. The highest BCUT2D eigenvalue weighted by molar-refractivity contribution is 9.10. The van der Waals surface area contributed by atoms with Gasteiger partial charge in [0, 0.05) is 17.6 Å². The number of amides is 2. The number of hydrogen-bond donors (Lipinski definition) is 1. The topological polar surface area (TPSA) is 49.4 Å². The molecule has 1 N–H and O–H groups in total. The number of carbonyl (C=O) groups excluding carboxylic acids is 2. The summed E-state index contributed by atoms with van der Waals surface area (Å²) in [5, 5.41) is 2.76. The Kier molecular flexibility index (Phi) is 6.02. The Hall–Kier alpha value is -1.36. The maximum atomic E-state index is 12.0. The van der Waals surface area contributed by atoms with Crippen molar-refractivity contribution >= 4 is 27.7 Å². The van der Waals surface area contributed by atoms with Gasteiger partial charge in [-0.2, -0.15) is 0 Å². The molecule has 1 aromatic carbocycles. The third-order valence-corrected chi connectivity index (χ3v) is 3.05. The van der Waals surface area contributed by atoms with Gasteiger partial charge in [0.1, 0.15) is 0 Å². The SMILES string of the molecule is CC(C)NC(=O)CN(C)C(=O)Cc1ccc(Br)cc1. The Bertz CT molecular complexity index is 443. The molecule has 0 aliphatic rings. The number of nitrogens with zero attached hydrogens (tertiary/aromatic N) is 1. The Balaban J connectivity index is 2.48. The molecule has 2 amide bonds.